The van der Waals surface area contributed by atoms with E-state index in [-0.39, 0.29) is 11.8 Å². The van der Waals surface area contributed by atoms with Gasteiger partial charge in [-0.3, -0.25) is 9.59 Å². The SMILES string of the molecule is COc1cc(NC(C)C(=O)Nc2cccc(Cl)c2)ccc1NC(C)=O. The lowest BCUT2D eigenvalue weighted by atomic mass is 10.2. The molecule has 6 nitrogen and oxygen atoms in total. The maximum atomic E-state index is 12.3. The van der Waals surface area contributed by atoms with E-state index in [2.05, 4.69) is 16.0 Å². The molecule has 3 N–H and O–H groups in total. The molecule has 1 unspecified atom stereocenters. The van der Waals surface area contributed by atoms with Crippen molar-refractivity contribution in [2.75, 3.05) is 23.1 Å². The fraction of sp³-hybridized carbons (Fsp3) is 0.222. The molecule has 0 aliphatic heterocycles. The van der Waals surface area contributed by atoms with Gasteiger partial charge in [-0.25, -0.2) is 0 Å². The van der Waals surface area contributed by atoms with Crippen LogP contribution < -0.4 is 20.7 Å². The Morgan fingerprint density at radius 3 is 2.48 bits per heavy atom. The highest BCUT2D eigenvalue weighted by molar-refractivity contribution is 6.30. The van der Waals surface area contributed by atoms with E-state index in [1.165, 1.54) is 14.0 Å². The number of ether oxygens (including phenoxy) is 1. The van der Waals surface area contributed by atoms with Crippen LogP contribution in [-0.4, -0.2) is 25.0 Å². The largest absolute Gasteiger partial charge is 0.494 e. The van der Waals surface area contributed by atoms with Crippen LogP contribution in [-0.2, 0) is 9.59 Å². The van der Waals surface area contributed by atoms with Crippen molar-refractivity contribution in [3.63, 3.8) is 0 Å². The number of hydrogen-bond acceptors (Lipinski definition) is 4. The first kappa shape index (κ1) is 18.6. The quantitative estimate of drug-likeness (QED) is 0.732. The molecule has 25 heavy (non-hydrogen) atoms. The number of carbonyl (C=O) groups is 2. The highest BCUT2D eigenvalue weighted by Gasteiger charge is 2.14. The number of halogens is 1. The van der Waals surface area contributed by atoms with Gasteiger partial charge >= 0.3 is 0 Å². The third-order valence-electron chi connectivity index (χ3n) is 3.38. The third-order valence-corrected chi connectivity index (χ3v) is 3.62. The Morgan fingerprint density at radius 2 is 1.84 bits per heavy atom. The number of amides is 2. The van der Waals surface area contributed by atoms with Crippen LogP contribution in [0.15, 0.2) is 42.5 Å². The Hall–Kier alpha value is -2.73. The van der Waals surface area contributed by atoms with Gasteiger partial charge in [0.25, 0.3) is 0 Å². The van der Waals surface area contributed by atoms with E-state index in [9.17, 15) is 9.59 Å². The maximum Gasteiger partial charge on any atom is 0.246 e. The predicted molar refractivity (Wildman–Crippen MR) is 100 cm³/mol. The highest BCUT2D eigenvalue weighted by atomic mass is 35.5. The number of anilines is 3. The monoisotopic (exact) mass is 361 g/mol. The second-order valence-corrected chi connectivity index (χ2v) is 5.90. The summed E-state index contributed by atoms with van der Waals surface area (Å²) in [6.45, 7) is 3.17. The lowest BCUT2D eigenvalue weighted by Crippen LogP contribution is -2.31. The van der Waals surface area contributed by atoms with Gasteiger partial charge in [0.1, 0.15) is 11.8 Å². The summed E-state index contributed by atoms with van der Waals surface area (Å²) in [6, 6.07) is 11.6. The van der Waals surface area contributed by atoms with Crippen LogP contribution >= 0.6 is 11.6 Å². The Balaban J connectivity index is 2.05. The van der Waals surface area contributed by atoms with Gasteiger partial charge in [0, 0.05) is 29.4 Å². The molecule has 0 aliphatic rings. The molecule has 0 saturated heterocycles. The second kappa shape index (κ2) is 8.39. The van der Waals surface area contributed by atoms with Gasteiger partial charge in [0.2, 0.25) is 11.8 Å². The molecule has 0 heterocycles. The Kier molecular flexibility index (Phi) is 6.25. The minimum atomic E-state index is -0.490. The molecule has 132 valence electrons. The van der Waals surface area contributed by atoms with Gasteiger partial charge in [-0.15, -0.1) is 0 Å². The molecule has 1 atom stereocenters. The van der Waals surface area contributed by atoms with Gasteiger partial charge in [0.05, 0.1) is 12.8 Å². The van der Waals surface area contributed by atoms with Crippen molar-refractivity contribution in [1.82, 2.24) is 0 Å². The van der Waals surface area contributed by atoms with Gasteiger partial charge in [-0.05, 0) is 37.3 Å². The number of carbonyl (C=O) groups excluding carboxylic acids is 2. The van der Waals surface area contributed by atoms with Crippen molar-refractivity contribution < 1.29 is 14.3 Å². The average Bonchev–Trinajstić information content (AvgIpc) is 2.55. The Bertz CT molecular complexity index is 780. The Morgan fingerprint density at radius 1 is 1.08 bits per heavy atom. The molecule has 2 rings (SSSR count). The van der Waals surface area contributed by atoms with E-state index in [4.69, 9.17) is 16.3 Å². The molecular formula is C18H20ClN3O3. The van der Waals surface area contributed by atoms with Crippen molar-refractivity contribution in [1.29, 1.82) is 0 Å². The summed E-state index contributed by atoms with van der Waals surface area (Å²) < 4.78 is 5.27. The van der Waals surface area contributed by atoms with Crippen molar-refractivity contribution >= 4 is 40.5 Å². The van der Waals surface area contributed by atoms with Crippen LogP contribution in [0.1, 0.15) is 13.8 Å². The van der Waals surface area contributed by atoms with Gasteiger partial charge < -0.3 is 20.7 Å². The maximum absolute atomic E-state index is 12.3. The molecule has 2 aromatic rings. The topological polar surface area (TPSA) is 79.5 Å². The van der Waals surface area contributed by atoms with Crippen LogP contribution in [0.25, 0.3) is 0 Å². The van der Waals surface area contributed by atoms with E-state index in [1.807, 2.05) is 0 Å². The van der Waals surface area contributed by atoms with Crippen LogP contribution in [0.2, 0.25) is 5.02 Å². The van der Waals surface area contributed by atoms with Gasteiger partial charge in [-0.2, -0.15) is 0 Å². The molecule has 0 fully saturated rings. The Labute approximate surface area is 151 Å². The third kappa shape index (κ3) is 5.39. The van der Waals surface area contributed by atoms with Crippen molar-refractivity contribution in [2.24, 2.45) is 0 Å². The lowest BCUT2D eigenvalue weighted by Gasteiger charge is -2.17. The zero-order chi connectivity index (χ0) is 18.4. The molecule has 0 aromatic heterocycles. The van der Waals surface area contributed by atoms with Gasteiger partial charge in [0.15, 0.2) is 0 Å². The van der Waals surface area contributed by atoms with Gasteiger partial charge in [-0.1, -0.05) is 17.7 Å². The van der Waals surface area contributed by atoms with Crippen LogP contribution in [0, 0.1) is 0 Å². The first-order valence-electron chi connectivity index (χ1n) is 7.67. The molecule has 0 radical (unpaired) electrons. The first-order chi connectivity index (χ1) is 11.9. The standard InChI is InChI=1S/C18H20ClN3O3/c1-11(18(24)22-14-6-4-5-13(19)9-14)20-15-7-8-16(21-12(2)23)17(10-15)25-3/h4-11,20H,1-3H3,(H,21,23)(H,22,24). The fourth-order valence-corrected chi connectivity index (χ4v) is 2.40. The van der Waals surface area contributed by atoms with Crippen molar-refractivity contribution in [2.45, 2.75) is 19.9 Å². The molecule has 0 saturated carbocycles. The number of methoxy groups -OCH3 is 1. The lowest BCUT2D eigenvalue weighted by molar-refractivity contribution is -0.116. The molecule has 7 heteroatoms. The van der Waals surface area contributed by atoms with E-state index >= 15 is 0 Å². The van der Waals surface area contributed by atoms with Crippen molar-refractivity contribution in [3.05, 3.63) is 47.5 Å². The van der Waals surface area contributed by atoms with Crippen LogP contribution in [0.4, 0.5) is 17.1 Å². The summed E-state index contributed by atoms with van der Waals surface area (Å²) in [4.78, 5) is 23.5. The summed E-state index contributed by atoms with van der Waals surface area (Å²) in [5.41, 5.74) is 1.89. The summed E-state index contributed by atoms with van der Waals surface area (Å²) >= 11 is 5.91. The van der Waals surface area contributed by atoms with E-state index in [1.54, 1.807) is 49.4 Å². The molecule has 2 aromatic carbocycles. The summed E-state index contributed by atoms with van der Waals surface area (Å²) in [5, 5.41) is 9.12. The molecular weight excluding hydrogens is 342 g/mol. The number of hydrogen-bond donors (Lipinski definition) is 3. The minimum Gasteiger partial charge on any atom is -0.494 e. The van der Waals surface area contributed by atoms with Crippen molar-refractivity contribution in [3.8, 4) is 5.75 Å². The molecule has 0 aliphatic carbocycles. The number of benzene rings is 2. The number of rotatable bonds is 6. The number of nitrogens with one attached hydrogen (secondary N) is 3. The zero-order valence-electron chi connectivity index (χ0n) is 14.2. The van der Waals surface area contributed by atoms with E-state index in [0.29, 0.717) is 27.8 Å². The second-order valence-electron chi connectivity index (χ2n) is 5.46. The zero-order valence-corrected chi connectivity index (χ0v) is 15.0. The molecule has 0 bridgehead atoms. The van der Waals surface area contributed by atoms with Crippen LogP contribution in [0.5, 0.6) is 5.75 Å². The van der Waals surface area contributed by atoms with E-state index in [0.717, 1.165) is 0 Å². The van der Waals surface area contributed by atoms with E-state index < -0.39 is 6.04 Å². The summed E-state index contributed by atoms with van der Waals surface area (Å²) in [7, 11) is 1.51. The highest BCUT2D eigenvalue weighted by Crippen LogP contribution is 2.28. The fourth-order valence-electron chi connectivity index (χ4n) is 2.21. The minimum absolute atomic E-state index is 0.187. The molecule has 2 amide bonds. The normalized spacial score (nSPS) is 11.4. The average molecular weight is 362 g/mol. The van der Waals surface area contributed by atoms with Crippen LogP contribution in [0.3, 0.4) is 0 Å². The summed E-state index contributed by atoms with van der Waals surface area (Å²) in [6.07, 6.45) is 0. The smallest absolute Gasteiger partial charge is 0.246 e. The molecule has 0 spiro atoms. The summed E-state index contributed by atoms with van der Waals surface area (Å²) in [5.74, 6) is 0.114. The predicted octanol–water partition coefficient (Wildman–Crippen LogP) is 3.75. The first-order valence-corrected chi connectivity index (χ1v) is 8.05.